The first-order valence-corrected chi connectivity index (χ1v) is 2.73. The van der Waals surface area contributed by atoms with Crippen LogP contribution < -0.4 is 5.73 Å². The molecule has 0 aliphatic rings. The van der Waals surface area contributed by atoms with Gasteiger partial charge in [0.25, 0.3) is 0 Å². The van der Waals surface area contributed by atoms with Crippen LogP contribution in [0.5, 0.6) is 0 Å². The number of rotatable bonds is 1. The molecule has 0 fully saturated rings. The van der Waals surface area contributed by atoms with Crippen LogP contribution >= 0.6 is 0 Å². The van der Waals surface area contributed by atoms with Gasteiger partial charge in [-0.2, -0.15) is 0 Å². The van der Waals surface area contributed by atoms with E-state index in [-0.39, 0.29) is 0 Å². The zero-order valence-electron chi connectivity index (χ0n) is 5.89. The summed E-state index contributed by atoms with van der Waals surface area (Å²) >= 11 is 0. The SMILES string of the molecule is C/C=C\C=C\C.CN. The first kappa shape index (κ1) is 10.4. The van der Waals surface area contributed by atoms with Crippen molar-refractivity contribution in [1.82, 2.24) is 0 Å². The molecule has 0 saturated carbocycles. The minimum Gasteiger partial charge on any atom is -0.333 e. The van der Waals surface area contributed by atoms with E-state index in [0.717, 1.165) is 0 Å². The molecule has 0 amide bonds. The molecule has 0 aliphatic carbocycles. The Morgan fingerprint density at radius 3 is 1.25 bits per heavy atom. The predicted octanol–water partition coefficient (Wildman–Crippen LogP) is 1.71. The zero-order valence-corrected chi connectivity index (χ0v) is 5.89. The molecule has 0 saturated heterocycles. The Labute approximate surface area is 51.9 Å². The molecule has 2 N–H and O–H groups in total. The summed E-state index contributed by atoms with van der Waals surface area (Å²) in [6.07, 6.45) is 8.00. The molecule has 0 unspecified atom stereocenters. The molecule has 0 spiro atoms. The van der Waals surface area contributed by atoms with Crippen LogP contribution in [0.25, 0.3) is 0 Å². The molecule has 1 nitrogen and oxygen atoms in total. The van der Waals surface area contributed by atoms with Gasteiger partial charge in [-0.25, -0.2) is 0 Å². The Morgan fingerprint density at radius 1 is 0.875 bits per heavy atom. The van der Waals surface area contributed by atoms with E-state index in [4.69, 9.17) is 0 Å². The maximum Gasteiger partial charge on any atom is -0.0195 e. The van der Waals surface area contributed by atoms with E-state index < -0.39 is 0 Å². The number of allylic oxidation sites excluding steroid dienone is 4. The summed E-state index contributed by atoms with van der Waals surface area (Å²) in [7, 11) is 1.50. The van der Waals surface area contributed by atoms with Gasteiger partial charge < -0.3 is 5.73 Å². The molecule has 1 heteroatoms. The fraction of sp³-hybridized carbons (Fsp3) is 0.429. The first-order valence-electron chi connectivity index (χ1n) is 2.73. The summed E-state index contributed by atoms with van der Waals surface area (Å²) in [5.74, 6) is 0. The van der Waals surface area contributed by atoms with E-state index in [1.54, 1.807) is 0 Å². The molecule has 0 bridgehead atoms. The minimum absolute atomic E-state index is 1.50. The number of hydrogen-bond acceptors (Lipinski definition) is 1. The van der Waals surface area contributed by atoms with Gasteiger partial charge in [-0.05, 0) is 20.9 Å². The fourth-order valence-electron chi connectivity index (χ4n) is 0.222. The lowest BCUT2D eigenvalue weighted by atomic mass is 10.5. The average Bonchev–Trinajstić information content (AvgIpc) is 1.88. The predicted molar refractivity (Wildman–Crippen MR) is 39.7 cm³/mol. The molecule has 0 heterocycles. The van der Waals surface area contributed by atoms with Gasteiger partial charge in [0.05, 0.1) is 0 Å². The summed E-state index contributed by atoms with van der Waals surface area (Å²) < 4.78 is 0. The third-order valence-corrected chi connectivity index (χ3v) is 0.496. The van der Waals surface area contributed by atoms with Crippen LogP contribution in [0.1, 0.15) is 13.8 Å². The van der Waals surface area contributed by atoms with Crippen molar-refractivity contribution < 1.29 is 0 Å². The summed E-state index contributed by atoms with van der Waals surface area (Å²) in [6, 6.07) is 0. The van der Waals surface area contributed by atoms with Crippen molar-refractivity contribution in [3.05, 3.63) is 24.3 Å². The van der Waals surface area contributed by atoms with Crippen molar-refractivity contribution in [3.63, 3.8) is 0 Å². The summed E-state index contributed by atoms with van der Waals surface area (Å²) in [5, 5.41) is 0. The molecule has 0 rings (SSSR count). The molecular formula is C7H15N. The largest absolute Gasteiger partial charge is 0.333 e. The van der Waals surface area contributed by atoms with Crippen LogP contribution in [0.4, 0.5) is 0 Å². The quantitative estimate of drug-likeness (QED) is 0.515. The van der Waals surface area contributed by atoms with Gasteiger partial charge in [-0.1, -0.05) is 24.3 Å². The van der Waals surface area contributed by atoms with E-state index in [9.17, 15) is 0 Å². The van der Waals surface area contributed by atoms with Gasteiger partial charge in [0.1, 0.15) is 0 Å². The highest BCUT2D eigenvalue weighted by Gasteiger charge is 1.48. The standard InChI is InChI=1S/C6H10.CH5N/c1-3-5-6-4-2;1-2/h3-6H,1-2H3;2H2,1H3/b5-3-,6-4+;. The Balaban J connectivity index is 0. The smallest absolute Gasteiger partial charge is 0.0195 e. The van der Waals surface area contributed by atoms with Crippen molar-refractivity contribution >= 4 is 0 Å². The van der Waals surface area contributed by atoms with Gasteiger partial charge in [-0.3, -0.25) is 0 Å². The highest BCUT2D eigenvalue weighted by atomic mass is 14.4. The van der Waals surface area contributed by atoms with Crippen LogP contribution in [0.3, 0.4) is 0 Å². The van der Waals surface area contributed by atoms with Crippen molar-refractivity contribution in [2.45, 2.75) is 13.8 Å². The molecule has 0 atom stereocenters. The highest BCUT2D eigenvalue weighted by Crippen LogP contribution is 1.71. The van der Waals surface area contributed by atoms with Gasteiger partial charge in [0.15, 0.2) is 0 Å². The van der Waals surface area contributed by atoms with Gasteiger partial charge in [0, 0.05) is 0 Å². The molecule has 0 aromatic rings. The van der Waals surface area contributed by atoms with E-state index in [1.807, 2.05) is 38.2 Å². The summed E-state index contributed by atoms with van der Waals surface area (Å²) in [6.45, 7) is 4.00. The number of hydrogen-bond donors (Lipinski definition) is 1. The molecule has 0 aliphatic heterocycles. The second-order valence-corrected chi connectivity index (χ2v) is 1.05. The second-order valence-electron chi connectivity index (χ2n) is 1.05. The lowest BCUT2D eigenvalue weighted by molar-refractivity contribution is 1.48. The van der Waals surface area contributed by atoms with Crippen LogP contribution in [0.15, 0.2) is 24.3 Å². The van der Waals surface area contributed by atoms with Crippen LogP contribution in [-0.2, 0) is 0 Å². The highest BCUT2D eigenvalue weighted by molar-refractivity contribution is 4.98. The maximum absolute atomic E-state index is 4.50. The molecule has 8 heavy (non-hydrogen) atoms. The first-order chi connectivity index (χ1) is 3.91. The van der Waals surface area contributed by atoms with Crippen molar-refractivity contribution in [1.29, 1.82) is 0 Å². The number of nitrogens with two attached hydrogens (primary N) is 1. The fourth-order valence-corrected chi connectivity index (χ4v) is 0.222. The summed E-state index contributed by atoms with van der Waals surface area (Å²) in [5.41, 5.74) is 4.50. The van der Waals surface area contributed by atoms with Gasteiger partial charge >= 0.3 is 0 Å². The van der Waals surface area contributed by atoms with E-state index in [0.29, 0.717) is 0 Å². The zero-order chi connectivity index (χ0) is 6.83. The Morgan fingerprint density at radius 2 is 1.12 bits per heavy atom. The van der Waals surface area contributed by atoms with E-state index in [1.165, 1.54) is 7.05 Å². The Hall–Kier alpha value is -0.560. The summed E-state index contributed by atoms with van der Waals surface area (Å²) in [4.78, 5) is 0. The molecule has 0 aromatic heterocycles. The normalized spacial score (nSPS) is 9.50. The van der Waals surface area contributed by atoms with Gasteiger partial charge in [-0.15, -0.1) is 0 Å². The lowest BCUT2D eigenvalue weighted by Gasteiger charge is -1.62. The third kappa shape index (κ3) is 18.0. The van der Waals surface area contributed by atoms with Crippen LogP contribution in [0, 0.1) is 0 Å². The average molecular weight is 113 g/mol. The second kappa shape index (κ2) is 16.1. The minimum atomic E-state index is 1.50. The van der Waals surface area contributed by atoms with E-state index >= 15 is 0 Å². The molecular weight excluding hydrogens is 98.1 g/mol. The van der Waals surface area contributed by atoms with Crippen molar-refractivity contribution in [2.24, 2.45) is 5.73 Å². The Kier molecular flexibility index (Phi) is 21.0. The van der Waals surface area contributed by atoms with Gasteiger partial charge in [0.2, 0.25) is 0 Å². The van der Waals surface area contributed by atoms with Crippen molar-refractivity contribution in [2.75, 3.05) is 7.05 Å². The lowest BCUT2D eigenvalue weighted by Crippen LogP contribution is -1.69. The van der Waals surface area contributed by atoms with Crippen molar-refractivity contribution in [3.8, 4) is 0 Å². The molecule has 48 valence electrons. The topological polar surface area (TPSA) is 26.0 Å². The van der Waals surface area contributed by atoms with Crippen LogP contribution in [0.2, 0.25) is 0 Å². The maximum atomic E-state index is 4.50. The molecule has 0 aromatic carbocycles. The van der Waals surface area contributed by atoms with Crippen LogP contribution in [-0.4, -0.2) is 7.05 Å². The third-order valence-electron chi connectivity index (χ3n) is 0.496. The Bertz CT molecular complexity index is 52.8. The monoisotopic (exact) mass is 113 g/mol. The van der Waals surface area contributed by atoms with E-state index in [2.05, 4.69) is 5.73 Å². The molecule has 0 radical (unpaired) electrons.